The molecule has 4 heteroatoms. The normalized spacial score (nSPS) is 19.6. The van der Waals surface area contributed by atoms with Crippen molar-refractivity contribution in [3.05, 3.63) is 35.0 Å². The Hall–Kier alpha value is -1.03. The van der Waals surface area contributed by atoms with Crippen molar-refractivity contribution in [2.75, 3.05) is 6.61 Å². The summed E-state index contributed by atoms with van der Waals surface area (Å²) in [5.74, 6) is 0.545. The molecule has 1 saturated carbocycles. The lowest BCUT2D eigenvalue weighted by Crippen LogP contribution is -2.36. The van der Waals surface area contributed by atoms with Gasteiger partial charge in [-0.25, -0.2) is 0 Å². The minimum Gasteiger partial charge on any atom is -0.457 e. The van der Waals surface area contributed by atoms with Crippen LogP contribution in [0.25, 0.3) is 11.0 Å². The molecule has 0 amide bonds. The van der Waals surface area contributed by atoms with Crippen LogP contribution in [0.15, 0.2) is 28.7 Å². The van der Waals surface area contributed by atoms with Crippen molar-refractivity contribution in [1.29, 1.82) is 0 Å². The maximum Gasteiger partial charge on any atom is 0.152 e. The van der Waals surface area contributed by atoms with Gasteiger partial charge < -0.3 is 14.3 Å². The topological polar surface area (TPSA) is 42.6 Å². The molecule has 1 aromatic carbocycles. The van der Waals surface area contributed by atoms with E-state index in [2.05, 4.69) is 0 Å². The van der Waals surface area contributed by atoms with Crippen LogP contribution in [0.2, 0.25) is 5.02 Å². The van der Waals surface area contributed by atoms with Crippen LogP contribution in [-0.4, -0.2) is 17.3 Å². The van der Waals surface area contributed by atoms with Crippen molar-refractivity contribution in [2.24, 2.45) is 0 Å². The van der Waals surface area contributed by atoms with Gasteiger partial charge >= 0.3 is 0 Å². The van der Waals surface area contributed by atoms with Crippen LogP contribution in [-0.2, 0) is 4.74 Å². The molecule has 0 radical (unpaired) electrons. The molecule has 0 saturated heterocycles. The Labute approximate surface area is 123 Å². The Morgan fingerprint density at radius 3 is 2.80 bits per heavy atom. The first-order chi connectivity index (χ1) is 9.66. The third kappa shape index (κ3) is 2.24. The van der Waals surface area contributed by atoms with Crippen molar-refractivity contribution < 1.29 is 14.3 Å². The summed E-state index contributed by atoms with van der Waals surface area (Å²) in [6, 6.07) is 7.47. The predicted octanol–water partition coefficient (Wildman–Crippen LogP) is 4.47. The van der Waals surface area contributed by atoms with Gasteiger partial charge in [0, 0.05) is 12.0 Å². The van der Waals surface area contributed by atoms with E-state index in [1.54, 1.807) is 6.07 Å². The molecule has 1 fully saturated rings. The largest absolute Gasteiger partial charge is 0.457 e. The summed E-state index contributed by atoms with van der Waals surface area (Å²) < 4.78 is 11.7. The van der Waals surface area contributed by atoms with Gasteiger partial charge in [-0.3, -0.25) is 0 Å². The first-order valence-corrected chi connectivity index (χ1v) is 7.54. The second kappa shape index (κ2) is 5.40. The molecule has 20 heavy (non-hydrogen) atoms. The summed E-state index contributed by atoms with van der Waals surface area (Å²) in [6.45, 7) is 2.56. The van der Waals surface area contributed by atoms with E-state index in [-0.39, 0.29) is 0 Å². The lowest BCUT2D eigenvalue weighted by atomic mass is 9.92. The van der Waals surface area contributed by atoms with Crippen molar-refractivity contribution in [3.63, 3.8) is 0 Å². The lowest BCUT2D eigenvalue weighted by Gasteiger charge is -2.32. The smallest absolute Gasteiger partial charge is 0.152 e. The first-order valence-electron chi connectivity index (χ1n) is 7.16. The Morgan fingerprint density at radius 2 is 2.15 bits per heavy atom. The average Bonchev–Trinajstić information content (AvgIpc) is 3.06. The average molecular weight is 295 g/mol. The zero-order valence-electron chi connectivity index (χ0n) is 11.6. The van der Waals surface area contributed by atoms with Gasteiger partial charge in [0.2, 0.25) is 0 Å². The molecule has 1 heterocycles. The van der Waals surface area contributed by atoms with Gasteiger partial charge in [-0.2, -0.15) is 0 Å². The number of aliphatic hydroxyl groups is 1. The lowest BCUT2D eigenvalue weighted by molar-refractivity contribution is -0.124. The molecule has 2 aromatic rings. The Bertz CT molecular complexity index is 599. The van der Waals surface area contributed by atoms with Crippen LogP contribution in [0.4, 0.5) is 0 Å². The van der Waals surface area contributed by atoms with E-state index in [4.69, 9.17) is 20.8 Å². The Balaban J connectivity index is 1.98. The maximum absolute atomic E-state index is 10.7. The molecule has 0 spiro atoms. The molecule has 3 nitrogen and oxygen atoms in total. The number of benzene rings is 1. The highest BCUT2D eigenvalue weighted by molar-refractivity contribution is 6.34. The van der Waals surface area contributed by atoms with Crippen molar-refractivity contribution >= 4 is 22.6 Å². The molecule has 1 N–H and O–H groups in total. The highest BCUT2D eigenvalue weighted by Crippen LogP contribution is 2.44. The number of hydrogen-bond donors (Lipinski definition) is 1. The quantitative estimate of drug-likeness (QED) is 0.904. The van der Waals surface area contributed by atoms with E-state index >= 15 is 0 Å². The molecule has 0 aliphatic heterocycles. The van der Waals surface area contributed by atoms with Gasteiger partial charge in [0.25, 0.3) is 0 Å². The van der Waals surface area contributed by atoms with Crippen LogP contribution < -0.4 is 0 Å². The number of halogens is 1. The Morgan fingerprint density at radius 1 is 1.40 bits per heavy atom. The fraction of sp³-hybridized carbons (Fsp3) is 0.500. The van der Waals surface area contributed by atoms with Crippen LogP contribution in [0.1, 0.15) is 44.5 Å². The molecule has 1 aliphatic carbocycles. The van der Waals surface area contributed by atoms with Gasteiger partial charge in [0.05, 0.1) is 5.02 Å². The summed E-state index contributed by atoms with van der Waals surface area (Å²) in [7, 11) is 0. The number of furan rings is 1. The highest BCUT2D eigenvalue weighted by atomic mass is 35.5. The summed E-state index contributed by atoms with van der Waals surface area (Å²) in [4.78, 5) is 0. The number of aliphatic hydroxyl groups excluding tert-OH is 1. The van der Waals surface area contributed by atoms with Crippen LogP contribution in [0.3, 0.4) is 0 Å². The van der Waals surface area contributed by atoms with Crippen molar-refractivity contribution in [3.8, 4) is 0 Å². The number of para-hydroxylation sites is 1. The third-order valence-electron chi connectivity index (χ3n) is 4.16. The minimum absolute atomic E-state index is 0.505. The molecule has 1 aromatic heterocycles. The van der Waals surface area contributed by atoms with Gasteiger partial charge in [-0.1, -0.05) is 36.6 Å². The predicted molar refractivity (Wildman–Crippen MR) is 79.0 cm³/mol. The zero-order chi connectivity index (χ0) is 14.2. The molecular formula is C16H19ClO3. The fourth-order valence-corrected chi connectivity index (χ4v) is 3.42. The van der Waals surface area contributed by atoms with E-state index in [0.717, 1.165) is 31.1 Å². The molecule has 108 valence electrons. The Kier molecular flexibility index (Phi) is 3.76. The SMILES string of the molecule is CCOC1(C(O)c2cc3cccc(Cl)c3o2)CCCC1. The highest BCUT2D eigenvalue weighted by Gasteiger charge is 2.43. The van der Waals surface area contributed by atoms with Gasteiger partial charge in [-0.15, -0.1) is 0 Å². The van der Waals surface area contributed by atoms with Gasteiger partial charge in [-0.05, 0) is 31.9 Å². The van der Waals surface area contributed by atoms with E-state index in [1.165, 1.54) is 0 Å². The first kappa shape index (κ1) is 13.9. The maximum atomic E-state index is 10.7. The fourth-order valence-electron chi connectivity index (χ4n) is 3.20. The monoisotopic (exact) mass is 294 g/mol. The standard InChI is InChI=1S/C16H19ClO3/c1-2-19-16(8-3-4-9-16)15(18)13-10-11-6-5-7-12(17)14(11)20-13/h5-7,10,15,18H,2-4,8-9H2,1H3. The third-order valence-corrected chi connectivity index (χ3v) is 4.46. The molecule has 3 rings (SSSR count). The van der Waals surface area contributed by atoms with E-state index in [0.29, 0.717) is 23.0 Å². The number of ether oxygens (including phenoxy) is 1. The molecule has 1 unspecified atom stereocenters. The van der Waals surface area contributed by atoms with Gasteiger partial charge in [0.1, 0.15) is 17.5 Å². The summed E-state index contributed by atoms with van der Waals surface area (Å²) in [5, 5.41) is 12.2. The summed E-state index contributed by atoms with van der Waals surface area (Å²) in [5.41, 5.74) is 0.127. The van der Waals surface area contributed by atoms with E-state index < -0.39 is 11.7 Å². The zero-order valence-corrected chi connectivity index (χ0v) is 12.3. The van der Waals surface area contributed by atoms with E-state index in [9.17, 15) is 5.11 Å². The van der Waals surface area contributed by atoms with Crippen LogP contribution in [0.5, 0.6) is 0 Å². The number of fused-ring (bicyclic) bond motifs is 1. The second-order valence-electron chi connectivity index (χ2n) is 5.41. The van der Waals surface area contributed by atoms with Crippen LogP contribution in [0, 0.1) is 0 Å². The van der Waals surface area contributed by atoms with Crippen molar-refractivity contribution in [2.45, 2.75) is 44.3 Å². The molecule has 1 aliphatic rings. The second-order valence-corrected chi connectivity index (χ2v) is 5.82. The number of hydrogen-bond acceptors (Lipinski definition) is 3. The van der Waals surface area contributed by atoms with Crippen molar-refractivity contribution in [1.82, 2.24) is 0 Å². The molecule has 0 bridgehead atoms. The van der Waals surface area contributed by atoms with Gasteiger partial charge in [0.15, 0.2) is 5.58 Å². The number of rotatable bonds is 4. The molecule has 1 atom stereocenters. The van der Waals surface area contributed by atoms with E-state index in [1.807, 2.05) is 25.1 Å². The molecular weight excluding hydrogens is 276 g/mol. The van der Waals surface area contributed by atoms with Crippen LogP contribution >= 0.6 is 11.6 Å². The summed E-state index contributed by atoms with van der Waals surface area (Å²) >= 11 is 6.12. The summed E-state index contributed by atoms with van der Waals surface area (Å²) in [6.07, 6.45) is 3.16. The minimum atomic E-state index is -0.742.